The quantitative estimate of drug-likeness (QED) is 0.458. The van der Waals surface area contributed by atoms with Crippen LogP contribution in [-0.4, -0.2) is 13.0 Å². The first-order valence-electron chi connectivity index (χ1n) is 9.02. The van der Waals surface area contributed by atoms with Crippen molar-refractivity contribution in [1.29, 1.82) is 0 Å². The van der Waals surface area contributed by atoms with Crippen molar-refractivity contribution >= 4 is 0 Å². The van der Waals surface area contributed by atoms with Gasteiger partial charge >= 0.3 is 6.36 Å². The zero-order valence-corrected chi connectivity index (χ0v) is 15.0. The monoisotopic (exact) mass is 366 g/mol. The molecule has 0 atom stereocenters. The molecule has 0 aromatic heterocycles. The molecule has 26 heavy (non-hydrogen) atoms. The van der Waals surface area contributed by atoms with Gasteiger partial charge in [0.15, 0.2) is 0 Å². The summed E-state index contributed by atoms with van der Waals surface area (Å²) in [5.41, 5.74) is 2.13. The Morgan fingerprint density at radius 2 is 1.27 bits per heavy atom. The average molecular weight is 366 g/mol. The second kappa shape index (κ2) is 10.1. The Morgan fingerprint density at radius 1 is 0.731 bits per heavy atom. The molecule has 0 spiro atoms. The maximum atomic E-state index is 12.1. The van der Waals surface area contributed by atoms with Gasteiger partial charge in [0.05, 0.1) is 6.61 Å². The molecule has 0 N–H and O–H groups in total. The van der Waals surface area contributed by atoms with Crippen LogP contribution in [0.5, 0.6) is 11.5 Å². The number of hydrogen-bond acceptors (Lipinski definition) is 2. The van der Waals surface area contributed by atoms with Crippen molar-refractivity contribution < 1.29 is 22.6 Å². The molecule has 2 nitrogen and oxygen atoms in total. The van der Waals surface area contributed by atoms with Crippen molar-refractivity contribution in [3.63, 3.8) is 0 Å². The van der Waals surface area contributed by atoms with Gasteiger partial charge in [-0.2, -0.15) is 0 Å². The molecule has 0 aliphatic heterocycles. The second-order valence-corrected chi connectivity index (χ2v) is 6.24. The van der Waals surface area contributed by atoms with Crippen molar-refractivity contribution in [2.24, 2.45) is 0 Å². The molecule has 0 unspecified atom stereocenters. The van der Waals surface area contributed by atoms with Crippen LogP contribution in [0.1, 0.15) is 43.7 Å². The summed E-state index contributed by atoms with van der Waals surface area (Å²) >= 11 is 0. The van der Waals surface area contributed by atoms with Crippen molar-refractivity contribution in [1.82, 2.24) is 0 Å². The fourth-order valence-corrected chi connectivity index (χ4v) is 2.62. The number of rotatable bonds is 10. The van der Waals surface area contributed by atoms with Crippen molar-refractivity contribution in [2.75, 3.05) is 6.61 Å². The molecule has 0 aliphatic carbocycles. The molecule has 2 rings (SSSR count). The van der Waals surface area contributed by atoms with Crippen LogP contribution >= 0.6 is 0 Å². The highest BCUT2D eigenvalue weighted by atomic mass is 19.4. The molecule has 0 fully saturated rings. The van der Waals surface area contributed by atoms with Gasteiger partial charge in [-0.1, -0.05) is 50.5 Å². The smallest absolute Gasteiger partial charge is 0.494 e. The van der Waals surface area contributed by atoms with E-state index in [4.69, 9.17) is 4.74 Å². The summed E-state index contributed by atoms with van der Waals surface area (Å²) in [6, 6.07) is 14.0. The summed E-state index contributed by atoms with van der Waals surface area (Å²) in [5.74, 6) is 0.681. The van der Waals surface area contributed by atoms with E-state index in [1.165, 1.54) is 37.0 Å². The van der Waals surface area contributed by atoms with Gasteiger partial charge in [-0.25, -0.2) is 0 Å². The predicted molar refractivity (Wildman–Crippen MR) is 96.6 cm³/mol. The van der Waals surface area contributed by atoms with E-state index in [0.29, 0.717) is 0 Å². The van der Waals surface area contributed by atoms with E-state index in [1.807, 2.05) is 24.3 Å². The van der Waals surface area contributed by atoms with Gasteiger partial charge in [0.2, 0.25) is 0 Å². The van der Waals surface area contributed by atoms with E-state index in [-0.39, 0.29) is 5.75 Å². The van der Waals surface area contributed by atoms with Gasteiger partial charge in [0, 0.05) is 0 Å². The van der Waals surface area contributed by atoms with Crippen LogP contribution in [-0.2, 0) is 12.8 Å². The summed E-state index contributed by atoms with van der Waals surface area (Å²) < 4.78 is 46.0. The first-order chi connectivity index (χ1) is 12.5. The van der Waals surface area contributed by atoms with Crippen LogP contribution in [0, 0.1) is 0 Å². The summed E-state index contributed by atoms with van der Waals surface area (Å²) in [5, 5.41) is 0. The minimum Gasteiger partial charge on any atom is -0.494 e. The molecule has 0 saturated heterocycles. The summed E-state index contributed by atoms with van der Waals surface area (Å²) in [6.07, 6.45) is 1.64. The third kappa shape index (κ3) is 7.81. The maximum absolute atomic E-state index is 12.1. The SMILES string of the molecule is CCCCCCOc1ccc(CCc2ccc(OC(F)(F)F)cc2)cc1. The normalized spacial score (nSPS) is 11.4. The largest absolute Gasteiger partial charge is 0.573 e. The van der Waals surface area contributed by atoms with Crippen LogP contribution < -0.4 is 9.47 Å². The van der Waals surface area contributed by atoms with Crippen molar-refractivity contribution in [3.8, 4) is 11.5 Å². The molecule has 2 aromatic carbocycles. The zero-order chi connectivity index (χ0) is 18.8. The molecule has 0 saturated carbocycles. The Hall–Kier alpha value is -2.17. The lowest BCUT2D eigenvalue weighted by Gasteiger charge is -2.09. The number of hydrogen-bond donors (Lipinski definition) is 0. The molecular formula is C21H25F3O2. The lowest BCUT2D eigenvalue weighted by molar-refractivity contribution is -0.274. The van der Waals surface area contributed by atoms with E-state index in [9.17, 15) is 13.2 Å². The van der Waals surface area contributed by atoms with Gasteiger partial charge < -0.3 is 9.47 Å². The third-order valence-corrected chi connectivity index (χ3v) is 4.05. The first-order valence-corrected chi connectivity index (χ1v) is 9.02. The summed E-state index contributed by atoms with van der Waals surface area (Å²) in [6.45, 7) is 2.93. The van der Waals surface area contributed by atoms with E-state index < -0.39 is 6.36 Å². The van der Waals surface area contributed by atoms with Gasteiger partial charge in [-0.3, -0.25) is 0 Å². The molecule has 0 aliphatic rings. The molecule has 142 valence electrons. The number of aryl methyl sites for hydroxylation is 2. The number of unbranched alkanes of at least 4 members (excludes halogenated alkanes) is 3. The Balaban J connectivity index is 1.75. The summed E-state index contributed by atoms with van der Waals surface area (Å²) in [7, 11) is 0. The van der Waals surface area contributed by atoms with E-state index in [2.05, 4.69) is 11.7 Å². The number of alkyl halides is 3. The molecule has 5 heteroatoms. The molecule has 0 amide bonds. The Bertz CT molecular complexity index is 634. The Labute approximate surface area is 152 Å². The summed E-state index contributed by atoms with van der Waals surface area (Å²) in [4.78, 5) is 0. The zero-order valence-electron chi connectivity index (χ0n) is 15.0. The van der Waals surface area contributed by atoms with Crippen LogP contribution in [0.25, 0.3) is 0 Å². The minimum atomic E-state index is -4.65. The first kappa shape index (κ1) is 20.1. The molecule has 0 heterocycles. The fourth-order valence-electron chi connectivity index (χ4n) is 2.62. The predicted octanol–water partition coefficient (Wildman–Crippen LogP) is 6.33. The van der Waals surface area contributed by atoms with E-state index in [0.717, 1.165) is 37.2 Å². The number of halogens is 3. The lowest BCUT2D eigenvalue weighted by Crippen LogP contribution is -2.17. The third-order valence-electron chi connectivity index (χ3n) is 4.05. The van der Waals surface area contributed by atoms with Crippen LogP contribution in [0.15, 0.2) is 48.5 Å². The second-order valence-electron chi connectivity index (χ2n) is 6.24. The average Bonchev–Trinajstić information content (AvgIpc) is 2.61. The molecule has 0 radical (unpaired) electrons. The van der Waals surface area contributed by atoms with Crippen LogP contribution in [0.3, 0.4) is 0 Å². The highest BCUT2D eigenvalue weighted by molar-refractivity contribution is 5.30. The van der Waals surface area contributed by atoms with Crippen molar-refractivity contribution in [2.45, 2.75) is 51.8 Å². The van der Waals surface area contributed by atoms with Gasteiger partial charge in [0.1, 0.15) is 11.5 Å². The van der Waals surface area contributed by atoms with Crippen LogP contribution in [0.4, 0.5) is 13.2 Å². The van der Waals surface area contributed by atoms with E-state index in [1.54, 1.807) is 12.1 Å². The minimum absolute atomic E-state index is 0.193. The standard InChI is InChI=1S/C21H25F3O2/c1-2-3-4-5-16-25-19-12-8-17(9-13-19)6-7-18-10-14-20(15-11-18)26-21(22,23)24/h8-15H,2-7,16H2,1H3. The Morgan fingerprint density at radius 3 is 1.77 bits per heavy atom. The Kier molecular flexibility index (Phi) is 7.82. The highest BCUT2D eigenvalue weighted by Gasteiger charge is 2.30. The van der Waals surface area contributed by atoms with Gasteiger partial charge in [-0.15, -0.1) is 13.2 Å². The maximum Gasteiger partial charge on any atom is 0.573 e. The molecule has 0 bridgehead atoms. The van der Waals surface area contributed by atoms with E-state index >= 15 is 0 Å². The molecular weight excluding hydrogens is 341 g/mol. The fraction of sp³-hybridized carbons (Fsp3) is 0.429. The van der Waals surface area contributed by atoms with Gasteiger partial charge in [0.25, 0.3) is 0 Å². The van der Waals surface area contributed by atoms with Crippen LogP contribution in [0.2, 0.25) is 0 Å². The number of benzene rings is 2. The van der Waals surface area contributed by atoms with Crippen molar-refractivity contribution in [3.05, 3.63) is 59.7 Å². The highest BCUT2D eigenvalue weighted by Crippen LogP contribution is 2.23. The topological polar surface area (TPSA) is 18.5 Å². The lowest BCUT2D eigenvalue weighted by atomic mass is 10.0. The molecule has 2 aromatic rings. The number of ether oxygens (including phenoxy) is 2. The van der Waals surface area contributed by atoms with Gasteiger partial charge in [-0.05, 0) is 54.7 Å².